The Kier molecular flexibility index (Phi) is 3.32. The van der Waals surface area contributed by atoms with Crippen molar-refractivity contribution in [1.82, 2.24) is 14.8 Å². The molecule has 23 heavy (non-hydrogen) atoms. The average Bonchev–Trinajstić information content (AvgIpc) is 3.21. The van der Waals surface area contributed by atoms with Crippen LogP contribution in [0.3, 0.4) is 0 Å². The summed E-state index contributed by atoms with van der Waals surface area (Å²) < 4.78 is 8.34. The van der Waals surface area contributed by atoms with Gasteiger partial charge in [-0.1, -0.05) is 11.6 Å². The summed E-state index contributed by atoms with van der Waals surface area (Å²) >= 11 is 8.02. The van der Waals surface area contributed by atoms with Crippen LogP contribution < -0.4 is 5.32 Å². The largest absolute Gasteiger partial charge is 0.467 e. The molecule has 0 aliphatic rings. The van der Waals surface area contributed by atoms with Crippen LogP contribution in [0.4, 0.5) is 5.82 Å². The minimum absolute atomic E-state index is 0.597. The molecule has 0 aliphatic heterocycles. The zero-order valence-electron chi connectivity index (χ0n) is 13.0. The zero-order chi connectivity index (χ0) is 16.1. The summed E-state index contributed by atoms with van der Waals surface area (Å²) in [6.07, 6.45) is 1.67. The number of fused-ring (bicyclic) bond motifs is 3. The van der Waals surface area contributed by atoms with Crippen molar-refractivity contribution in [2.75, 3.05) is 5.32 Å². The van der Waals surface area contributed by atoms with E-state index in [9.17, 15) is 0 Å². The van der Waals surface area contributed by atoms with Gasteiger partial charge in [0, 0.05) is 12.4 Å². The van der Waals surface area contributed by atoms with Crippen molar-refractivity contribution in [3.8, 4) is 0 Å². The second-order valence-electron chi connectivity index (χ2n) is 5.50. The number of hydrogen-bond acceptors (Lipinski definition) is 5. The zero-order valence-corrected chi connectivity index (χ0v) is 14.5. The van der Waals surface area contributed by atoms with E-state index in [1.54, 1.807) is 17.6 Å². The van der Waals surface area contributed by atoms with Gasteiger partial charge in [-0.3, -0.25) is 4.68 Å². The molecular weight excluding hydrogens is 332 g/mol. The molecule has 4 aromatic rings. The monoisotopic (exact) mass is 346 g/mol. The molecule has 4 heterocycles. The molecule has 0 saturated carbocycles. The number of pyridine rings is 1. The number of nitrogens with zero attached hydrogens (tertiary/aromatic N) is 3. The molecule has 118 valence electrons. The number of anilines is 1. The highest BCUT2D eigenvalue weighted by atomic mass is 35.5. The molecule has 7 heteroatoms. The van der Waals surface area contributed by atoms with Gasteiger partial charge in [0.1, 0.15) is 10.6 Å². The number of rotatable bonds is 3. The quantitative estimate of drug-likeness (QED) is 0.586. The Morgan fingerprint density at radius 2 is 2.22 bits per heavy atom. The van der Waals surface area contributed by atoms with Crippen molar-refractivity contribution in [3.63, 3.8) is 0 Å². The lowest BCUT2D eigenvalue weighted by Gasteiger charge is -2.04. The first-order valence-corrected chi connectivity index (χ1v) is 8.44. The van der Waals surface area contributed by atoms with Gasteiger partial charge in [-0.05, 0) is 31.5 Å². The fraction of sp³-hybridized carbons (Fsp3) is 0.250. The second kappa shape index (κ2) is 5.25. The Labute approximate surface area is 141 Å². The van der Waals surface area contributed by atoms with Gasteiger partial charge >= 0.3 is 0 Å². The predicted octanol–water partition coefficient (Wildman–Crippen LogP) is 4.66. The van der Waals surface area contributed by atoms with Gasteiger partial charge in [0.2, 0.25) is 0 Å². The maximum absolute atomic E-state index is 6.39. The number of aryl methyl sites for hydroxylation is 3. The highest BCUT2D eigenvalue weighted by Gasteiger charge is 2.20. The smallest absolute Gasteiger partial charge is 0.166 e. The number of halogens is 1. The third-order valence-electron chi connectivity index (χ3n) is 3.95. The molecule has 0 spiro atoms. The average molecular weight is 347 g/mol. The number of nitrogens with one attached hydrogen (secondary N) is 1. The standard InChI is InChI=1S/C16H15ClN4OS/c1-8-11-13-14(23-16(11)19-9(2)12(8)17)15(20-21(13)3)18-7-10-5-4-6-22-10/h4-6H,7H2,1-3H3,(H,18,20). The van der Waals surface area contributed by atoms with E-state index in [0.717, 1.165) is 48.3 Å². The van der Waals surface area contributed by atoms with Crippen LogP contribution in [-0.2, 0) is 13.6 Å². The van der Waals surface area contributed by atoms with Crippen molar-refractivity contribution in [2.45, 2.75) is 20.4 Å². The molecule has 4 rings (SSSR count). The van der Waals surface area contributed by atoms with E-state index in [-0.39, 0.29) is 0 Å². The Morgan fingerprint density at radius 1 is 1.39 bits per heavy atom. The summed E-state index contributed by atoms with van der Waals surface area (Å²) in [7, 11) is 1.94. The molecule has 0 unspecified atom stereocenters. The van der Waals surface area contributed by atoms with Crippen LogP contribution in [0.5, 0.6) is 0 Å². The normalized spacial score (nSPS) is 11.7. The summed E-state index contributed by atoms with van der Waals surface area (Å²) in [6, 6.07) is 3.81. The van der Waals surface area contributed by atoms with E-state index in [2.05, 4.69) is 15.4 Å². The van der Waals surface area contributed by atoms with Crippen molar-refractivity contribution in [3.05, 3.63) is 40.4 Å². The molecule has 0 saturated heterocycles. The first-order valence-electron chi connectivity index (χ1n) is 7.24. The van der Waals surface area contributed by atoms with Crippen molar-refractivity contribution in [2.24, 2.45) is 7.05 Å². The van der Waals surface area contributed by atoms with Crippen LogP contribution in [0, 0.1) is 13.8 Å². The summed E-state index contributed by atoms with van der Waals surface area (Å²) in [5.41, 5.74) is 2.99. The van der Waals surface area contributed by atoms with Gasteiger partial charge in [0.15, 0.2) is 5.82 Å². The molecule has 0 atom stereocenters. The molecule has 5 nitrogen and oxygen atoms in total. The highest BCUT2D eigenvalue weighted by molar-refractivity contribution is 7.26. The van der Waals surface area contributed by atoms with Crippen molar-refractivity contribution in [1.29, 1.82) is 0 Å². The molecular formula is C16H15ClN4OS. The fourth-order valence-corrected chi connectivity index (χ4v) is 4.23. The van der Waals surface area contributed by atoms with Crippen LogP contribution in [0.1, 0.15) is 17.0 Å². The third kappa shape index (κ3) is 2.21. The summed E-state index contributed by atoms with van der Waals surface area (Å²) in [4.78, 5) is 5.63. The lowest BCUT2D eigenvalue weighted by Crippen LogP contribution is -2.00. The van der Waals surface area contributed by atoms with E-state index in [1.807, 2.05) is 37.7 Å². The molecule has 0 aliphatic carbocycles. The minimum atomic E-state index is 0.597. The summed E-state index contributed by atoms with van der Waals surface area (Å²) in [5, 5.41) is 9.75. The van der Waals surface area contributed by atoms with Gasteiger partial charge in [-0.2, -0.15) is 5.10 Å². The third-order valence-corrected chi connectivity index (χ3v) is 5.59. The fourth-order valence-electron chi connectivity index (χ4n) is 2.82. The summed E-state index contributed by atoms with van der Waals surface area (Å²) in [5.74, 6) is 1.72. The van der Waals surface area contributed by atoms with Gasteiger partial charge in [-0.25, -0.2) is 4.98 Å². The van der Waals surface area contributed by atoms with Gasteiger partial charge in [0.05, 0.1) is 33.7 Å². The van der Waals surface area contributed by atoms with Crippen LogP contribution in [0.25, 0.3) is 20.4 Å². The number of furan rings is 1. The lowest BCUT2D eigenvalue weighted by atomic mass is 10.1. The Bertz CT molecular complexity index is 1020. The van der Waals surface area contributed by atoms with Crippen molar-refractivity contribution >= 4 is 49.2 Å². The molecule has 4 aromatic heterocycles. The van der Waals surface area contributed by atoms with E-state index >= 15 is 0 Å². The first kappa shape index (κ1) is 14.5. The van der Waals surface area contributed by atoms with E-state index in [4.69, 9.17) is 16.0 Å². The number of thiophene rings is 1. The SMILES string of the molecule is Cc1nc2sc3c(NCc4ccco4)nn(C)c3c2c(C)c1Cl. The first-order chi connectivity index (χ1) is 11.1. The maximum Gasteiger partial charge on any atom is 0.166 e. The molecule has 0 bridgehead atoms. The Balaban J connectivity index is 1.87. The maximum atomic E-state index is 6.39. The van der Waals surface area contributed by atoms with Gasteiger partial charge < -0.3 is 9.73 Å². The molecule has 0 amide bonds. The van der Waals surface area contributed by atoms with E-state index < -0.39 is 0 Å². The number of aromatic nitrogens is 3. The topological polar surface area (TPSA) is 55.9 Å². The number of hydrogen-bond donors (Lipinski definition) is 1. The molecule has 0 radical (unpaired) electrons. The molecule has 0 fully saturated rings. The van der Waals surface area contributed by atoms with Crippen LogP contribution >= 0.6 is 22.9 Å². The predicted molar refractivity (Wildman–Crippen MR) is 94.4 cm³/mol. The van der Waals surface area contributed by atoms with Crippen molar-refractivity contribution < 1.29 is 4.42 Å². The Morgan fingerprint density at radius 3 is 2.96 bits per heavy atom. The van der Waals surface area contributed by atoms with Crippen LogP contribution in [0.2, 0.25) is 5.02 Å². The molecule has 1 N–H and O–H groups in total. The van der Waals surface area contributed by atoms with E-state index in [1.165, 1.54) is 0 Å². The summed E-state index contributed by atoms with van der Waals surface area (Å²) in [6.45, 7) is 4.57. The minimum Gasteiger partial charge on any atom is -0.467 e. The van der Waals surface area contributed by atoms with Crippen LogP contribution in [-0.4, -0.2) is 14.8 Å². The van der Waals surface area contributed by atoms with Gasteiger partial charge in [-0.15, -0.1) is 11.3 Å². The van der Waals surface area contributed by atoms with E-state index in [0.29, 0.717) is 6.54 Å². The second-order valence-corrected chi connectivity index (χ2v) is 6.88. The molecule has 0 aromatic carbocycles. The van der Waals surface area contributed by atoms with Crippen LogP contribution in [0.15, 0.2) is 22.8 Å². The van der Waals surface area contributed by atoms with Gasteiger partial charge in [0.25, 0.3) is 0 Å². The highest BCUT2D eigenvalue weighted by Crippen LogP contribution is 2.40. The Hall–Kier alpha value is -2.05. The lowest BCUT2D eigenvalue weighted by molar-refractivity contribution is 0.517.